The number of nitrogens with one attached hydrogen (secondary N) is 1. The number of likely N-dealkylation sites (tertiary alicyclic amines) is 1. The van der Waals surface area contributed by atoms with Gasteiger partial charge in [0, 0.05) is 29.2 Å². The Morgan fingerprint density at radius 1 is 1.48 bits per heavy atom. The van der Waals surface area contributed by atoms with E-state index >= 15 is 0 Å². The fourth-order valence-electron chi connectivity index (χ4n) is 1.95. The minimum absolute atomic E-state index is 0.0967. The summed E-state index contributed by atoms with van der Waals surface area (Å²) in [6.07, 6.45) is 0. The average Bonchev–Trinajstić information content (AvgIpc) is 2.29. The van der Waals surface area contributed by atoms with Gasteiger partial charge in [0.15, 0.2) is 0 Å². The van der Waals surface area contributed by atoms with E-state index in [2.05, 4.69) is 21.2 Å². The van der Waals surface area contributed by atoms with Crippen molar-refractivity contribution in [3.05, 3.63) is 32.3 Å². The highest BCUT2D eigenvalue weighted by atomic mass is 79.9. The Bertz CT molecular complexity index is 628. The summed E-state index contributed by atoms with van der Waals surface area (Å²) >= 11 is 3.23. The Morgan fingerprint density at radius 3 is 2.62 bits per heavy atom. The van der Waals surface area contributed by atoms with Crippen molar-refractivity contribution in [3.63, 3.8) is 0 Å². The van der Waals surface area contributed by atoms with E-state index in [-0.39, 0.29) is 24.5 Å². The van der Waals surface area contributed by atoms with Gasteiger partial charge in [-0.1, -0.05) is 0 Å². The molecule has 0 aliphatic carbocycles. The van der Waals surface area contributed by atoms with Crippen molar-refractivity contribution in [2.45, 2.75) is 6.92 Å². The van der Waals surface area contributed by atoms with Crippen LogP contribution in [0.4, 0.5) is 16.2 Å². The highest BCUT2D eigenvalue weighted by Crippen LogP contribution is 2.31. The van der Waals surface area contributed by atoms with Crippen LogP contribution in [0.3, 0.4) is 0 Å². The number of carbonyl (C=O) groups excluding carboxylic acids is 1. The number of carboxylic acids is 1. The van der Waals surface area contributed by atoms with E-state index in [4.69, 9.17) is 5.11 Å². The van der Waals surface area contributed by atoms with Gasteiger partial charge < -0.3 is 15.3 Å². The maximum Gasteiger partial charge on any atom is 0.321 e. The first-order chi connectivity index (χ1) is 9.79. The zero-order valence-electron chi connectivity index (χ0n) is 11.0. The van der Waals surface area contributed by atoms with Gasteiger partial charge in [0.2, 0.25) is 0 Å². The van der Waals surface area contributed by atoms with E-state index in [0.29, 0.717) is 10.0 Å². The van der Waals surface area contributed by atoms with Crippen LogP contribution in [-0.2, 0) is 4.79 Å². The molecule has 1 saturated heterocycles. The lowest BCUT2D eigenvalue weighted by Crippen LogP contribution is -2.54. The van der Waals surface area contributed by atoms with Gasteiger partial charge in [-0.25, -0.2) is 4.79 Å². The molecule has 1 aromatic rings. The van der Waals surface area contributed by atoms with Gasteiger partial charge in [-0.2, -0.15) is 0 Å². The maximum atomic E-state index is 11.9. The maximum absolute atomic E-state index is 11.9. The van der Waals surface area contributed by atoms with Gasteiger partial charge in [0.1, 0.15) is 0 Å². The molecule has 1 aliphatic rings. The molecular weight excluding hydrogens is 346 g/mol. The number of hydrogen-bond donors (Lipinski definition) is 2. The molecule has 1 aromatic carbocycles. The van der Waals surface area contributed by atoms with Gasteiger partial charge in [-0.15, -0.1) is 0 Å². The summed E-state index contributed by atoms with van der Waals surface area (Å²) in [7, 11) is 0. The third-order valence-electron chi connectivity index (χ3n) is 3.24. The molecule has 0 atom stereocenters. The summed E-state index contributed by atoms with van der Waals surface area (Å²) in [4.78, 5) is 34.3. The second kappa shape index (κ2) is 5.68. The SMILES string of the molecule is Cc1cc(Br)c(NC(=O)N2CC(C(=O)O)C2)cc1[N+](=O)[O-]. The number of aryl methyl sites for hydroxylation is 1. The normalized spacial score (nSPS) is 14.5. The van der Waals surface area contributed by atoms with E-state index in [1.165, 1.54) is 11.0 Å². The number of urea groups is 1. The fourth-order valence-corrected chi connectivity index (χ4v) is 2.51. The molecule has 2 rings (SSSR count). The van der Waals surface area contributed by atoms with Crippen molar-refractivity contribution < 1.29 is 19.6 Å². The number of hydrogen-bond acceptors (Lipinski definition) is 4. The number of carbonyl (C=O) groups is 2. The van der Waals surface area contributed by atoms with Crippen LogP contribution >= 0.6 is 15.9 Å². The third-order valence-corrected chi connectivity index (χ3v) is 3.90. The number of rotatable bonds is 3. The molecule has 112 valence electrons. The predicted molar refractivity (Wildman–Crippen MR) is 77.3 cm³/mol. The summed E-state index contributed by atoms with van der Waals surface area (Å²) < 4.78 is 0.522. The van der Waals surface area contributed by atoms with E-state index < -0.39 is 22.8 Å². The molecule has 0 aromatic heterocycles. The molecule has 9 heteroatoms. The minimum atomic E-state index is -0.939. The van der Waals surface area contributed by atoms with Crippen molar-refractivity contribution in [3.8, 4) is 0 Å². The van der Waals surface area contributed by atoms with Crippen LogP contribution in [0.25, 0.3) is 0 Å². The predicted octanol–water partition coefficient (Wildman–Crippen LogP) is 2.21. The average molecular weight is 358 g/mol. The second-order valence-corrected chi connectivity index (χ2v) is 5.60. The second-order valence-electron chi connectivity index (χ2n) is 4.75. The Morgan fingerprint density at radius 2 is 2.10 bits per heavy atom. The molecule has 1 fully saturated rings. The summed E-state index contributed by atoms with van der Waals surface area (Å²) in [6, 6.07) is 2.33. The van der Waals surface area contributed by atoms with Crippen molar-refractivity contribution in [2.75, 3.05) is 18.4 Å². The van der Waals surface area contributed by atoms with Gasteiger partial charge >= 0.3 is 12.0 Å². The van der Waals surface area contributed by atoms with Gasteiger partial charge in [-0.3, -0.25) is 14.9 Å². The van der Waals surface area contributed by atoms with Crippen LogP contribution in [0, 0.1) is 23.0 Å². The molecule has 0 saturated carbocycles. The Balaban J connectivity index is 2.10. The number of nitrogens with zero attached hydrogens (tertiary/aromatic N) is 2. The number of amides is 2. The highest BCUT2D eigenvalue weighted by Gasteiger charge is 2.35. The summed E-state index contributed by atoms with van der Waals surface area (Å²) in [5, 5.41) is 22.2. The van der Waals surface area contributed by atoms with E-state index in [1.54, 1.807) is 13.0 Å². The van der Waals surface area contributed by atoms with Crippen LogP contribution in [0.2, 0.25) is 0 Å². The number of nitro groups is 1. The molecule has 0 unspecified atom stereocenters. The molecular formula is C12H12BrN3O5. The number of halogens is 1. The third kappa shape index (κ3) is 3.13. The van der Waals surface area contributed by atoms with E-state index in [1.807, 2.05) is 0 Å². The molecule has 0 radical (unpaired) electrons. The zero-order chi connectivity index (χ0) is 15.7. The lowest BCUT2D eigenvalue weighted by Gasteiger charge is -2.36. The molecule has 0 spiro atoms. The number of aliphatic carboxylic acids is 1. The standard InChI is InChI=1S/C12H12BrN3O5/c1-6-2-8(13)9(3-10(6)16(20)21)14-12(19)15-4-7(5-15)11(17)18/h2-3,7H,4-5H2,1H3,(H,14,19)(H,17,18). The van der Waals surface area contributed by atoms with Crippen LogP contribution in [0.1, 0.15) is 5.56 Å². The fraction of sp³-hybridized carbons (Fsp3) is 0.333. The Labute approximate surface area is 128 Å². The molecule has 2 N–H and O–H groups in total. The monoisotopic (exact) mass is 357 g/mol. The Kier molecular flexibility index (Phi) is 4.12. The topological polar surface area (TPSA) is 113 Å². The number of benzene rings is 1. The summed E-state index contributed by atoms with van der Waals surface area (Å²) in [6.45, 7) is 1.86. The van der Waals surface area contributed by atoms with Crippen molar-refractivity contribution in [1.29, 1.82) is 0 Å². The lowest BCUT2D eigenvalue weighted by atomic mass is 10.0. The van der Waals surface area contributed by atoms with E-state index in [9.17, 15) is 19.7 Å². The van der Waals surface area contributed by atoms with Crippen LogP contribution in [0.5, 0.6) is 0 Å². The summed E-state index contributed by atoms with van der Waals surface area (Å²) in [5.74, 6) is -1.49. The number of anilines is 1. The first kappa shape index (κ1) is 15.2. The smallest absolute Gasteiger partial charge is 0.321 e. The number of nitro benzene ring substituents is 1. The van der Waals surface area contributed by atoms with Gasteiger partial charge in [0.25, 0.3) is 5.69 Å². The molecule has 2 amide bonds. The molecule has 21 heavy (non-hydrogen) atoms. The molecule has 0 bridgehead atoms. The van der Waals surface area contributed by atoms with Crippen molar-refractivity contribution in [1.82, 2.24) is 4.90 Å². The van der Waals surface area contributed by atoms with E-state index in [0.717, 1.165) is 0 Å². The lowest BCUT2D eigenvalue weighted by molar-refractivity contribution is -0.385. The first-order valence-corrected chi connectivity index (χ1v) is 6.82. The quantitative estimate of drug-likeness (QED) is 0.635. The largest absolute Gasteiger partial charge is 0.481 e. The van der Waals surface area contributed by atoms with Crippen LogP contribution in [-0.4, -0.2) is 40.0 Å². The number of carboxylic acid groups (broad SMARTS) is 1. The minimum Gasteiger partial charge on any atom is -0.481 e. The molecule has 8 nitrogen and oxygen atoms in total. The zero-order valence-corrected chi connectivity index (χ0v) is 12.6. The van der Waals surface area contributed by atoms with Crippen molar-refractivity contribution in [2.24, 2.45) is 5.92 Å². The van der Waals surface area contributed by atoms with Crippen LogP contribution in [0.15, 0.2) is 16.6 Å². The molecule has 1 heterocycles. The van der Waals surface area contributed by atoms with Gasteiger partial charge in [0.05, 0.1) is 16.5 Å². The highest BCUT2D eigenvalue weighted by molar-refractivity contribution is 9.10. The first-order valence-electron chi connectivity index (χ1n) is 6.03. The molecule has 1 aliphatic heterocycles. The van der Waals surface area contributed by atoms with Gasteiger partial charge in [-0.05, 0) is 28.9 Å². The Hall–Kier alpha value is -2.16. The van der Waals surface area contributed by atoms with Crippen LogP contribution < -0.4 is 5.32 Å². The van der Waals surface area contributed by atoms with Crippen molar-refractivity contribution >= 4 is 39.3 Å². The summed E-state index contributed by atoms with van der Waals surface area (Å²) in [5.41, 5.74) is 0.649.